The molecule has 3 fully saturated rings. The molecule has 1 saturated carbocycles. The fraction of sp³-hybridized carbons (Fsp3) is 0.941. The molecule has 1 aliphatic carbocycles. The van der Waals surface area contributed by atoms with E-state index in [0.29, 0.717) is 12.6 Å². The van der Waals surface area contributed by atoms with Crippen LogP contribution in [0, 0.1) is 5.92 Å². The van der Waals surface area contributed by atoms with Gasteiger partial charge < -0.3 is 25.4 Å². The Hall–Kier alpha value is -0.850. The quantitative estimate of drug-likeness (QED) is 0.509. The highest BCUT2D eigenvalue weighted by molar-refractivity contribution is 5.80. The van der Waals surface area contributed by atoms with Crippen molar-refractivity contribution in [1.29, 1.82) is 0 Å². The third kappa shape index (κ3) is 4.81. The Kier molecular flexibility index (Phi) is 5.77. The van der Waals surface area contributed by atoms with Crippen LogP contribution in [0.4, 0.5) is 0 Å². The van der Waals surface area contributed by atoms with Crippen LogP contribution in [0.3, 0.4) is 0 Å². The molecule has 0 aromatic carbocycles. The number of rotatable bonds is 5. The molecule has 1 atom stereocenters. The maximum Gasteiger partial charge on any atom is 0.191 e. The number of hydrogen-bond acceptors (Lipinski definition) is 4. The summed E-state index contributed by atoms with van der Waals surface area (Å²) in [6.45, 7) is 5.97. The van der Waals surface area contributed by atoms with Gasteiger partial charge in [-0.05, 0) is 44.4 Å². The summed E-state index contributed by atoms with van der Waals surface area (Å²) >= 11 is 0. The van der Waals surface area contributed by atoms with Crippen molar-refractivity contribution in [2.24, 2.45) is 10.9 Å². The van der Waals surface area contributed by atoms with Gasteiger partial charge in [0.05, 0.1) is 12.2 Å². The van der Waals surface area contributed by atoms with Gasteiger partial charge in [-0.3, -0.25) is 4.99 Å². The fourth-order valence-corrected chi connectivity index (χ4v) is 3.75. The van der Waals surface area contributed by atoms with E-state index in [1.165, 1.54) is 13.0 Å². The number of nitrogens with one attached hydrogen (secondary N) is 2. The van der Waals surface area contributed by atoms with E-state index in [0.717, 1.165) is 70.3 Å². The van der Waals surface area contributed by atoms with Crippen molar-refractivity contribution in [1.82, 2.24) is 15.5 Å². The summed E-state index contributed by atoms with van der Waals surface area (Å²) in [5, 5.41) is 17.0. The zero-order valence-corrected chi connectivity index (χ0v) is 14.4. The van der Waals surface area contributed by atoms with Gasteiger partial charge in [-0.2, -0.15) is 0 Å². The van der Waals surface area contributed by atoms with Crippen LogP contribution in [0.5, 0.6) is 0 Å². The Labute approximate surface area is 139 Å². The highest BCUT2D eigenvalue weighted by Crippen LogP contribution is 2.30. The maximum atomic E-state index is 10.2. The molecule has 0 radical (unpaired) electrons. The lowest BCUT2D eigenvalue weighted by Crippen LogP contribution is -2.53. The predicted octanol–water partition coefficient (Wildman–Crippen LogP) is 0.567. The lowest BCUT2D eigenvalue weighted by Gasteiger charge is -2.38. The van der Waals surface area contributed by atoms with E-state index in [1.54, 1.807) is 7.05 Å². The maximum absolute atomic E-state index is 10.2. The van der Waals surface area contributed by atoms with Gasteiger partial charge in [0, 0.05) is 45.9 Å². The van der Waals surface area contributed by atoms with Crippen LogP contribution in [0.2, 0.25) is 0 Å². The van der Waals surface area contributed by atoms with E-state index < -0.39 is 5.60 Å². The summed E-state index contributed by atoms with van der Waals surface area (Å²) in [6.07, 6.45) is 6.46. The molecule has 1 unspecified atom stereocenters. The monoisotopic (exact) mass is 324 g/mol. The Morgan fingerprint density at radius 3 is 2.65 bits per heavy atom. The molecule has 0 spiro atoms. The molecule has 3 rings (SSSR count). The van der Waals surface area contributed by atoms with Crippen LogP contribution < -0.4 is 10.6 Å². The molecule has 6 nitrogen and oxygen atoms in total. The lowest BCUT2D eigenvalue weighted by atomic mass is 9.80. The molecule has 0 aromatic heterocycles. The Morgan fingerprint density at radius 1 is 1.30 bits per heavy atom. The van der Waals surface area contributed by atoms with Crippen molar-refractivity contribution in [2.45, 2.75) is 50.2 Å². The Morgan fingerprint density at radius 2 is 2.09 bits per heavy atom. The lowest BCUT2D eigenvalue weighted by molar-refractivity contribution is -0.0279. The minimum absolute atomic E-state index is 0.480. The first-order chi connectivity index (χ1) is 11.2. The van der Waals surface area contributed by atoms with E-state index in [2.05, 4.69) is 20.5 Å². The van der Waals surface area contributed by atoms with E-state index >= 15 is 0 Å². The molecule has 3 N–H and O–H groups in total. The van der Waals surface area contributed by atoms with Crippen molar-refractivity contribution in [3.63, 3.8) is 0 Å². The summed E-state index contributed by atoms with van der Waals surface area (Å²) in [4.78, 5) is 6.87. The molecular weight excluding hydrogens is 292 g/mol. The van der Waals surface area contributed by atoms with Crippen molar-refractivity contribution in [3.8, 4) is 0 Å². The van der Waals surface area contributed by atoms with Crippen LogP contribution in [0.1, 0.15) is 38.5 Å². The second-order valence-corrected chi connectivity index (χ2v) is 7.45. The van der Waals surface area contributed by atoms with Gasteiger partial charge in [0.15, 0.2) is 5.96 Å². The van der Waals surface area contributed by atoms with Crippen molar-refractivity contribution in [3.05, 3.63) is 0 Å². The number of hydrogen-bond donors (Lipinski definition) is 3. The van der Waals surface area contributed by atoms with Gasteiger partial charge in [-0.25, -0.2) is 0 Å². The smallest absolute Gasteiger partial charge is 0.191 e. The predicted molar refractivity (Wildman–Crippen MR) is 91.7 cm³/mol. The molecule has 0 bridgehead atoms. The SMILES string of the molecule is CN=C(NCC1(O)CCC1)NC1CCN(CC2CCOC2)CC1. The number of guanidine groups is 1. The highest BCUT2D eigenvalue weighted by Gasteiger charge is 2.34. The molecule has 6 heteroatoms. The first-order valence-corrected chi connectivity index (χ1v) is 9.16. The summed E-state index contributed by atoms with van der Waals surface area (Å²) in [5.41, 5.74) is -0.510. The molecule has 0 amide bonds. The van der Waals surface area contributed by atoms with Crippen molar-refractivity contribution >= 4 is 5.96 Å². The standard InChI is InChI=1S/C17H32N4O2/c1-18-16(19-13-17(22)6-2-7-17)20-15-3-8-21(9-4-15)11-14-5-10-23-12-14/h14-15,22H,2-13H2,1H3,(H2,18,19,20). The summed E-state index contributed by atoms with van der Waals surface area (Å²) < 4.78 is 5.47. The molecule has 2 aliphatic heterocycles. The van der Waals surface area contributed by atoms with Crippen LogP contribution in [0.25, 0.3) is 0 Å². The Balaban J connectivity index is 1.35. The number of piperidine rings is 1. The number of ether oxygens (including phenoxy) is 1. The molecular formula is C17H32N4O2. The molecule has 2 saturated heterocycles. The second kappa shape index (κ2) is 7.81. The molecule has 2 heterocycles. The van der Waals surface area contributed by atoms with Gasteiger partial charge in [0.2, 0.25) is 0 Å². The number of aliphatic imine (C=N–C) groups is 1. The second-order valence-electron chi connectivity index (χ2n) is 7.45. The van der Waals surface area contributed by atoms with Crippen molar-refractivity contribution < 1.29 is 9.84 Å². The minimum atomic E-state index is -0.510. The molecule has 0 aromatic rings. The third-order valence-electron chi connectivity index (χ3n) is 5.56. The number of nitrogens with zero attached hydrogens (tertiary/aromatic N) is 2. The number of likely N-dealkylation sites (tertiary alicyclic amines) is 1. The minimum Gasteiger partial charge on any atom is -0.388 e. The van der Waals surface area contributed by atoms with E-state index in [9.17, 15) is 5.11 Å². The summed E-state index contributed by atoms with van der Waals surface area (Å²) in [7, 11) is 1.80. The Bertz CT molecular complexity index is 397. The summed E-state index contributed by atoms with van der Waals surface area (Å²) in [5.74, 6) is 1.56. The molecule has 3 aliphatic rings. The zero-order chi connectivity index (χ0) is 16.1. The highest BCUT2D eigenvalue weighted by atomic mass is 16.5. The third-order valence-corrected chi connectivity index (χ3v) is 5.56. The molecule has 132 valence electrons. The topological polar surface area (TPSA) is 69.1 Å². The van der Waals surface area contributed by atoms with E-state index in [1.807, 2.05) is 0 Å². The van der Waals surface area contributed by atoms with Gasteiger partial charge >= 0.3 is 0 Å². The first-order valence-electron chi connectivity index (χ1n) is 9.16. The average molecular weight is 324 g/mol. The number of aliphatic hydroxyl groups is 1. The van der Waals surface area contributed by atoms with E-state index in [4.69, 9.17) is 4.74 Å². The normalized spacial score (nSPS) is 29.3. The average Bonchev–Trinajstić information content (AvgIpc) is 3.04. The summed E-state index contributed by atoms with van der Waals surface area (Å²) in [6, 6.07) is 0.480. The van der Waals surface area contributed by atoms with Gasteiger partial charge in [-0.15, -0.1) is 0 Å². The van der Waals surface area contributed by atoms with Gasteiger partial charge in [0.25, 0.3) is 0 Å². The first kappa shape index (κ1) is 17.0. The van der Waals surface area contributed by atoms with Crippen LogP contribution in [0.15, 0.2) is 4.99 Å². The van der Waals surface area contributed by atoms with Gasteiger partial charge in [0.1, 0.15) is 0 Å². The molecule has 23 heavy (non-hydrogen) atoms. The largest absolute Gasteiger partial charge is 0.388 e. The zero-order valence-electron chi connectivity index (χ0n) is 14.4. The van der Waals surface area contributed by atoms with E-state index in [-0.39, 0.29) is 0 Å². The van der Waals surface area contributed by atoms with Crippen LogP contribution in [-0.2, 0) is 4.74 Å². The van der Waals surface area contributed by atoms with Crippen LogP contribution >= 0.6 is 0 Å². The van der Waals surface area contributed by atoms with Gasteiger partial charge in [-0.1, -0.05) is 0 Å². The fourth-order valence-electron chi connectivity index (χ4n) is 3.75. The van der Waals surface area contributed by atoms with Crippen molar-refractivity contribution in [2.75, 3.05) is 46.4 Å². The van der Waals surface area contributed by atoms with Crippen LogP contribution in [-0.4, -0.2) is 74.0 Å².